The molecule has 3 aromatic rings. The molecule has 0 fully saturated rings. The van der Waals surface area contributed by atoms with E-state index in [4.69, 9.17) is 4.74 Å². The molecule has 0 aliphatic rings. The minimum absolute atomic E-state index is 0.0243. The van der Waals surface area contributed by atoms with Gasteiger partial charge in [0, 0.05) is 11.3 Å². The van der Waals surface area contributed by atoms with Gasteiger partial charge in [-0.15, -0.1) is 0 Å². The van der Waals surface area contributed by atoms with Crippen molar-refractivity contribution in [3.05, 3.63) is 84.4 Å². The smallest absolute Gasteiger partial charge is 0.387 e. The van der Waals surface area contributed by atoms with Crippen LogP contribution in [-0.4, -0.2) is 12.5 Å². The molecular formula is C20H15F2NO3. The quantitative estimate of drug-likeness (QED) is 0.650. The number of hydrogen-bond acceptors (Lipinski definition) is 3. The van der Waals surface area contributed by atoms with Crippen LogP contribution in [0.1, 0.15) is 10.4 Å². The third-order valence-corrected chi connectivity index (χ3v) is 3.41. The molecule has 0 bridgehead atoms. The number of carbonyl (C=O) groups is 1. The predicted octanol–water partition coefficient (Wildman–Crippen LogP) is 5.33. The van der Waals surface area contributed by atoms with Crippen molar-refractivity contribution in [2.45, 2.75) is 6.61 Å². The number of alkyl halides is 2. The number of halogens is 2. The Morgan fingerprint density at radius 2 is 1.50 bits per heavy atom. The van der Waals surface area contributed by atoms with Crippen LogP contribution in [0.5, 0.6) is 17.2 Å². The largest absolute Gasteiger partial charge is 0.457 e. The molecular weight excluding hydrogens is 340 g/mol. The first-order valence-corrected chi connectivity index (χ1v) is 7.79. The fourth-order valence-corrected chi connectivity index (χ4v) is 2.25. The maximum Gasteiger partial charge on any atom is 0.387 e. The molecule has 0 aliphatic carbocycles. The lowest BCUT2D eigenvalue weighted by molar-refractivity contribution is -0.0498. The molecule has 0 heterocycles. The van der Waals surface area contributed by atoms with Gasteiger partial charge in [-0.1, -0.05) is 24.3 Å². The molecule has 1 amide bonds. The monoisotopic (exact) mass is 355 g/mol. The van der Waals surface area contributed by atoms with Gasteiger partial charge in [0.1, 0.15) is 17.2 Å². The highest BCUT2D eigenvalue weighted by atomic mass is 19.3. The highest BCUT2D eigenvalue weighted by Crippen LogP contribution is 2.23. The summed E-state index contributed by atoms with van der Waals surface area (Å²) in [6.45, 7) is -2.89. The number of para-hydroxylation sites is 1. The van der Waals surface area contributed by atoms with Crippen LogP contribution in [0.25, 0.3) is 0 Å². The van der Waals surface area contributed by atoms with Gasteiger partial charge in [0.15, 0.2) is 0 Å². The number of anilines is 1. The minimum Gasteiger partial charge on any atom is -0.457 e. The summed E-state index contributed by atoms with van der Waals surface area (Å²) < 4.78 is 34.3. The van der Waals surface area contributed by atoms with Gasteiger partial charge >= 0.3 is 6.61 Å². The fourth-order valence-electron chi connectivity index (χ4n) is 2.25. The van der Waals surface area contributed by atoms with Crippen molar-refractivity contribution in [1.82, 2.24) is 0 Å². The Kier molecular flexibility index (Phi) is 5.43. The van der Waals surface area contributed by atoms with Crippen LogP contribution in [0.15, 0.2) is 78.9 Å². The first-order chi connectivity index (χ1) is 12.6. The van der Waals surface area contributed by atoms with Gasteiger partial charge in [0.2, 0.25) is 0 Å². The minimum atomic E-state index is -2.89. The summed E-state index contributed by atoms with van der Waals surface area (Å²) in [5.74, 6) is 0.881. The first kappa shape index (κ1) is 17.4. The predicted molar refractivity (Wildman–Crippen MR) is 94.0 cm³/mol. The zero-order chi connectivity index (χ0) is 18.4. The number of benzene rings is 3. The van der Waals surface area contributed by atoms with Crippen LogP contribution < -0.4 is 14.8 Å². The lowest BCUT2D eigenvalue weighted by Gasteiger charge is -2.09. The lowest BCUT2D eigenvalue weighted by Crippen LogP contribution is -2.11. The molecule has 4 nitrogen and oxygen atoms in total. The molecule has 0 saturated carbocycles. The standard InChI is InChI=1S/C20H15F2NO3/c21-20(22)26-17-11-9-15(10-12-17)23-19(24)14-5-4-8-18(13-14)25-16-6-2-1-3-7-16/h1-13,20H,(H,23,24). The van der Waals surface area contributed by atoms with Crippen molar-refractivity contribution in [2.75, 3.05) is 5.32 Å². The summed E-state index contributed by atoms with van der Waals surface area (Å²) in [4.78, 5) is 12.4. The SMILES string of the molecule is O=C(Nc1ccc(OC(F)F)cc1)c1cccc(Oc2ccccc2)c1. The van der Waals surface area contributed by atoms with Crippen molar-refractivity contribution in [3.63, 3.8) is 0 Å². The Hall–Kier alpha value is -3.41. The molecule has 132 valence electrons. The maximum atomic E-state index is 12.4. The topological polar surface area (TPSA) is 47.6 Å². The summed E-state index contributed by atoms with van der Waals surface area (Å²) in [6, 6.07) is 21.7. The summed E-state index contributed by atoms with van der Waals surface area (Å²) in [5, 5.41) is 2.69. The second kappa shape index (κ2) is 8.11. The zero-order valence-electron chi connectivity index (χ0n) is 13.6. The van der Waals surface area contributed by atoms with Gasteiger partial charge in [-0.3, -0.25) is 4.79 Å². The van der Waals surface area contributed by atoms with Gasteiger partial charge in [0.05, 0.1) is 0 Å². The molecule has 0 saturated heterocycles. The molecule has 0 atom stereocenters. The number of nitrogens with one attached hydrogen (secondary N) is 1. The summed E-state index contributed by atoms with van der Waals surface area (Å²) >= 11 is 0. The highest BCUT2D eigenvalue weighted by molar-refractivity contribution is 6.04. The molecule has 0 aliphatic heterocycles. The van der Waals surface area contributed by atoms with Gasteiger partial charge in [-0.05, 0) is 54.6 Å². The Labute approximate surface area is 149 Å². The number of ether oxygens (including phenoxy) is 2. The number of carbonyl (C=O) groups excluding carboxylic acids is 1. The van der Waals surface area contributed by atoms with E-state index in [1.54, 1.807) is 24.3 Å². The third-order valence-electron chi connectivity index (χ3n) is 3.41. The Bertz CT molecular complexity index is 868. The molecule has 0 spiro atoms. The second-order valence-corrected chi connectivity index (χ2v) is 5.30. The van der Waals surface area contributed by atoms with E-state index in [1.165, 1.54) is 24.3 Å². The zero-order valence-corrected chi connectivity index (χ0v) is 13.6. The van der Waals surface area contributed by atoms with Crippen LogP contribution in [0.2, 0.25) is 0 Å². The third kappa shape index (κ3) is 4.80. The number of rotatable bonds is 6. The van der Waals surface area contributed by atoms with Crippen molar-refractivity contribution in [3.8, 4) is 17.2 Å². The van der Waals surface area contributed by atoms with Crippen molar-refractivity contribution in [1.29, 1.82) is 0 Å². The van der Waals surface area contributed by atoms with E-state index < -0.39 is 6.61 Å². The van der Waals surface area contributed by atoms with Crippen LogP contribution in [0.4, 0.5) is 14.5 Å². The lowest BCUT2D eigenvalue weighted by atomic mass is 10.2. The van der Waals surface area contributed by atoms with Crippen LogP contribution in [0.3, 0.4) is 0 Å². The van der Waals surface area contributed by atoms with Crippen LogP contribution >= 0.6 is 0 Å². The number of hydrogen-bond donors (Lipinski definition) is 1. The van der Waals surface area contributed by atoms with E-state index >= 15 is 0 Å². The normalized spacial score (nSPS) is 10.4. The van der Waals surface area contributed by atoms with Crippen molar-refractivity contribution >= 4 is 11.6 Å². The number of amides is 1. The summed E-state index contributed by atoms with van der Waals surface area (Å²) in [5.41, 5.74) is 0.873. The van der Waals surface area contributed by atoms with Gasteiger partial charge in [0.25, 0.3) is 5.91 Å². The molecule has 26 heavy (non-hydrogen) atoms. The summed E-state index contributed by atoms with van der Waals surface area (Å²) in [7, 11) is 0. The Morgan fingerprint density at radius 3 is 2.19 bits per heavy atom. The molecule has 6 heteroatoms. The maximum absolute atomic E-state index is 12.4. The van der Waals surface area contributed by atoms with E-state index in [1.807, 2.05) is 30.3 Å². The van der Waals surface area contributed by atoms with E-state index in [0.717, 1.165) is 0 Å². The van der Waals surface area contributed by atoms with Crippen molar-refractivity contribution in [2.24, 2.45) is 0 Å². The molecule has 3 rings (SSSR count). The molecule has 0 radical (unpaired) electrons. The summed E-state index contributed by atoms with van der Waals surface area (Å²) in [6.07, 6.45) is 0. The van der Waals surface area contributed by atoms with Gasteiger partial charge < -0.3 is 14.8 Å². The van der Waals surface area contributed by atoms with Crippen molar-refractivity contribution < 1.29 is 23.0 Å². The van der Waals surface area contributed by atoms with Gasteiger partial charge in [-0.25, -0.2) is 0 Å². The average molecular weight is 355 g/mol. The highest BCUT2D eigenvalue weighted by Gasteiger charge is 2.09. The average Bonchev–Trinajstić information content (AvgIpc) is 2.64. The molecule has 3 aromatic carbocycles. The Morgan fingerprint density at radius 1 is 0.808 bits per heavy atom. The van der Waals surface area contributed by atoms with E-state index in [-0.39, 0.29) is 11.7 Å². The molecule has 0 unspecified atom stereocenters. The Balaban J connectivity index is 1.67. The van der Waals surface area contributed by atoms with Gasteiger partial charge in [-0.2, -0.15) is 8.78 Å². The van der Waals surface area contributed by atoms with E-state index in [9.17, 15) is 13.6 Å². The van der Waals surface area contributed by atoms with Crippen LogP contribution in [-0.2, 0) is 0 Å². The van der Waals surface area contributed by atoms with Crippen LogP contribution in [0, 0.1) is 0 Å². The van der Waals surface area contributed by atoms with E-state index in [0.29, 0.717) is 22.7 Å². The first-order valence-electron chi connectivity index (χ1n) is 7.79. The van der Waals surface area contributed by atoms with E-state index in [2.05, 4.69) is 10.1 Å². The molecule has 1 N–H and O–H groups in total. The molecule has 0 aromatic heterocycles. The fraction of sp³-hybridized carbons (Fsp3) is 0.0500. The second-order valence-electron chi connectivity index (χ2n) is 5.30.